The maximum atomic E-state index is 13.0. The molecule has 0 radical (unpaired) electrons. The summed E-state index contributed by atoms with van der Waals surface area (Å²) in [7, 11) is 10.8. The Kier molecular flexibility index (Phi) is 10.7. The van der Waals surface area contributed by atoms with Crippen molar-refractivity contribution >= 4 is 39.6 Å². The van der Waals surface area contributed by atoms with E-state index in [1.807, 2.05) is 42.5 Å². The number of hydrogen-bond acceptors (Lipinski definition) is 9. The van der Waals surface area contributed by atoms with Crippen molar-refractivity contribution in [2.45, 2.75) is 0 Å². The highest BCUT2D eigenvalue weighted by atomic mass is 79.9. The van der Waals surface area contributed by atoms with Gasteiger partial charge in [0.1, 0.15) is 5.75 Å². The minimum Gasteiger partial charge on any atom is -0.495 e. The van der Waals surface area contributed by atoms with Crippen molar-refractivity contribution in [2.24, 2.45) is 0 Å². The summed E-state index contributed by atoms with van der Waals surface area (Å²) in [4.78, 5) is 13.0. The summed E-state index contributed by atoms with van der Waals surface area (Å²) in [6, 6.07) is 11.0. The van der Waals surface area contributed by atoms with E-state index < -0.39 is 0 Å². The molecule has 0 amide bonds. The molecule has 0 saturated carbocycles. The van der Waals surface area contributed by atoms with E-state index in [1.54, 1.807) is 40.7 Å². The molecule has 0 aliphatic carbocycles. The van der Waals surface area contributed by atoms with Gasteiger partial charge in [-0.15, -0.1) is 0 Å². The molecule has 0 aromatic heterocycles. The molecule has 9 nitrogen and oxygen atoms in total. The molecule has 0 saturated heterocycles. The first kappa shape index (κ1) is 30.2. The van der Waals surface area contributed by atoms with E-state index in [0.29, 0.717) is 56.0 Å². The first-order valence-electron chi connectivity index (χ1n) is 12.0. The number of anilines is 1. The van der Waals surface area contributed by atoms with Crippen LogP contribution in [0.2, 0.25) is 0 Å². The highest BCUT2D eigenvalue weighted by Crippen LogP contribution is 2.45. The molecule has 0 fully saturated rings. The number of nitrogens with one attached hydrogen (secondary N) is 1. The van der Waals surface area contributed by atoms with Crippen molar-refractivity contribution in [2.75, 3.05) is 55.1 Å². The molecule has 212 valence electrons. The number of ether oxygens (including phenoxy) is 7. The van der Waals surface area contributed by atoms with Crippen molar-refractivity contribution in [3.8, 4) is 40.2 Å². The average molecular weight is 614 g/mol. The third kappa shape index (κ3) is 6.63. The third-order valence-corrected chi connectivity index (χ3v) is 6.67. The maximum absolute atomic E-state index is 13.0. The van der Waals surface area contributed by atoms with Crippen LogP contribution in [0.5, 0.6) is 40.2 Å². The Morgan fingerprint density at radius 2 is 1.20 bits per heavy atom. The predicted molar refractivity (Wildman–Crippen MR) is 159 cm³/mol. The van der Waals surface area contributed by atoms with Gasteiger partial charge < -0.3 is 38.5 Å². The summed E-state index contributed by atoms with van der Waals surface area (Å²) in [6.07, 6.45) is 6.82. The second-order valence-electron chi connectivity index (χ2n) is 8.10. The molecule has 0 aliphatic heterocycles. The molecule has 0 bridgehead atoms. The number of ketones is 1. The van der Waals surface area contributed by atoms with E-state index in [9.17, 15) is 4.79 Å². The molecule has 3 aromatic carbocycles. The van der Waals surface area contributed by atoms with E-state index in [2.05, 4.69) is 21.2 Å². The van der Waals surface area contributed by atoms with E-state index in [-0.39, 0.29) is 5.78 Å². The molecule has 3 rings (SSSR count). The first-order chi connectivity index (χ1) is 19.3. The van der Waals surface area contributed by atoms with Gasteiger partial charge in [0.25, 0.3) is 0 Å². The second kappa shape index (κ2) is 14.2. The van der Waals surface area contributed by atoms with Crippen LogP contribution in [0.15, 0.2) is 53.1 Å². The molecule has 0 heterocycles. The third-order valence-electron chi connectivity index (χ3n) is 5.89. The van der Waals surface area contributed by atoms with Crippen LogP contribution in [-0.4, -0.2) is 55.6 Å². The van der Waals surface area contributed by atoms with Gasteiger partial charge in [-0.2, -0.15) is 0 Å². The Labute approximate surface area is 242 Å². The lowest BCUT2D eigenvalue weighted by atomic mass is 10.1. The second-order valence-corrected chi connectivity index (χ2v) is 8.89. The van der Waals surface area contributed by atoms with Crippen LogP contribution in [0, 0.1) is 0 Å². The summed E-state index contributed by atoms with van der Waals surface area (Å²) in [5.74, 6) is 3.10. The van der Waals surface area contributed by atoms with Crippen LogP contribution in [0.1, 0.15) is 21.5 Å². The zero-order chi connectivity index (χ0) is 29.2. The van der Waals surface area contributed by atoms with Crippen LogP contribution in [-0.2, 0) is 0 Å². The normalized spacial score (nSPS) is 10.9. The zero-order valence-corrected chi connectivity index (χ0v) is 25.0. The molecule has 3 aromatic rings. The molecule has 0 unspecified atom stereocenters. The van der Waals surface area contributed by atoms with Gasteiger partial charge in [-0.3, -0.25) is 4.79 Å². The molecular formula is C30H32BrNO8. The fourth-order valence-electron chi connectivity index (χ4n) is 3.93. The van der Waals surface area contributed by atoms with Crippen molar-refractivity contribution < 1.29 is 38.0 Å². The van der Waals surface area contributed by atoms with Gasteiger partial charge in [0.05, 0.1) is 59.9 Å². The standard InChI is InChI=1S/C30H32BrNO8/c1-34-23-11-10-18(8-9-19-15-24(35-2)28(38-5)25(16-19)36-3)14-21(23)32-13-12-22(33)20-17-26(37-4)29(39-6)30(40-7)27(20)31/h8-17,32H,1-7H3. The highest BCUT2D eigenvalue weighted by Gasteiger charge is 2.21. The molecule has 0 aliphatic rings. The van der Waals surface area contributed by atoms with Crippen LogP contribution >= 0.6 is 15.9 Å². The molecule has 0 atom stereocenters. The number of allylic oxidation sites excluding steroid dienone is 1. The van der Waals surface area contributed by atoms with Gasteiger partial charge in [0, 0.05) is 17.8 Å². The van der Waals surface area contributed by atoms with Crippen LogP contribution in [0.4, 0.5) is 5.69 Å². The summed E-state index contributed by atoms with van der Waals surface area (Å²) in [5, 5.41) is 3.13. The Hall–Kier alpha value is -4.31. The first-order valence-corrected chi connectivity index (χ1v) is 12.8. The van der Waals surface area contributed by atoms with E-state index >= 15 is 0 Å². The minimum atomic E-state index is -0.281. The summed E-state index contributed by atoms with van der Waals surface area (Å²) < 4.78 is 38.4. The summed E-state index contributed by atoms with van der Waals surface area (Å²) in [6.45, 7) is 0. The Morgan fingerprint density at radius 3 is 1.75 bits per heavy atom. The van der Waals surface area contributed by atoms with Gasteiger partial charge >= 0.3 is 0 Å². The zero-order valence-electron chi connectivity index (χ0n) is 23.4. The Bertz CT molecular complexity index is 1390. The lowest BCUT2D eigenvalue weighted by molar-refractivity contribution is 0.104. The monoisotopic (exact) mass is 613 g/mol. The lowest BCUT2D eigenvalue weighted by Gasteiger charge is -2.15. The van der Waals surface area contributed by atoms with Gasteiger partial charge in [-0.25, -0.2) is 0 Å². The fraction of sp³-hybridized carbons (Fsp3) is 0.233. The van der Waals surface area contributed by atoms with Crippen LogP contribution < -0.4 is 38.5 Å². The topological polar surface area (TPSA) is 93.7 Å². The minimum absolute atomic E-state index is 0.281. The molecule has 0 spiro atoms. The van der Waals surface area contributed by atoms with Gasteiger partial charge in [0.15, 0.2) is 28.8 Å². The molecule has 10 heteroatoms. The number of rotatable bonds is 13. The van der Waals surface area contributed by atoms with Crippen molar-refractivity contribution in [1.82, 2.24) is 0 Å². The molecule has 1 N–H and O–H groups in total. The quantitative estimate of drug-likeness (QED) is 0.132. The molecular weight excluding hydrogens is 582 g/mol. The smallest absolute Gasteiger partial charge is 0.204 e. The fourth-order valence-corrected chi connectivity index (χ4v) is 4.58. The number of carbonyl (C=O) groups excluding carboxylic acids is 1. The Morgan fingerprint density at radius 1 is 0.650 bits per heavy atom. The van der Waals surface area contributed by atoms with E-state index in [0.717, 1.165) is 11.1 Å². The number of carbonyl (C=O) groups is 1. The average Bonchev–Trinajstić information content (AvgIpc) is 2.98. The van der Waals surface area contributed by atoms with Gasteiger partial charge in [0.2, 0.25) is 11.5 Å². The van der Waals surface area contributed by atoms with Crippen LogP contribution in [0.3, 0.4) is 0 Å². The Balaban J connectivity index is 1.85. The largest absolute Gasteiger partial charge is 0.495 e. The van der Waals surface area contributed by atoms with E-state index in [4.69, 9.17) is 33.2 Å². The molecule has 40 heavy (non-hydrogen) atoms. The summed E-state index contributed by atoms with van der Waals surface area (Å²) >= 11 is 3.44. The van der Waals surface area contributed by atoms with Gasteiger partial charge in [-0.1, -0.05) is 18.2 Å². The number of benzene rings is 3. The predicted octanol–water partition coefficient (Wildman–Crippen LogP) is 6.49. The summed E-state index contributed by atoms with van der Waals surface area (Å²) in [5.41, 5.74) is 2.77. The van der Waals surface area contributed by atoms with Gasteiger partial charge in [-0.05, 0) is 57.4 Å². The van der Waals surface area contributed by atoms with Crippen molar-refractivity contribution in [3.05, 3.63) is 69.8 Å². The van der Waals surface area contributed by atoms with Crippen LogP contribution in [0.25, 0.3) is 12.2 Å². The number of methoxy groups -OCH3 is 7. The lowest BCUT2D eigenvalue weighted by Crippen LogP contribution is -2.03. The van der Waals surface area contributed by atoms with Crippen molar-refractivity contribution in [3.63, 3.8) is 0 Å². The maximum Gasteiger partial charge on any atom is 0.204 e. The highest BCUT2D eigenvalue weighted by molar-refractivity contribution is 9.10. The van der Waals surface area contributed by atoms with Crippen molar-refractivity contribution in [1.29, 1.82) is 0 Å². The number of halogens is 1. The van der Waals surface area contributed by atoms with E-state index in [1.165, 1.54) is 27.4 Å². The SMILES string of the molecule is COc1ccc(C=Cc2cc(OC)c(OC)c(OC)c2)cc1NC=CC(=O)c1cc(OC)c(OC)c(OC)c1Br. The number of hydrogen-bond donors (Lipinski definition) is 1.